The van der Waals surface area contributed by atoms with Crippen molar-refractivity contribution in [3.8, 4) is 5.69 Å². The normalized spacial score (nSPS) is 15.1. The van der Waals surface area contributed by atoms with Crippen LogP contribution in [0.1, 0.15) is 41.2 Å². The van der Waals surface area contributed by atoms with Gasteiger partial charge in [0.2, 0.25) is 0 Å². The summed E-state index contributed by atoms with van der Waals surface area (Å²) in [6.07, 6.45) is 1.29. The number of amides is 2. The van der Waals surface area contributed by atoms with E-state index in [2.05, 4.69) is 0 Å². The standard InChI is InChI=1S/C23H24N2O6S/c1-13(2)31-20(26)12-24-21(27)19(32-23(24)29)11-16-10-14(3)25(15(16)4)18-9-7-6-8-17(18)22(28)30-5/h6-11,13H,12H2,1-5H3/b19-11-. The molecular formula is C23H24N2O6S. The topological polar surface area (TPSA) is 94.9 Å². The molecule has 9 heteroatoms. The molecule has 168 valence electrons. The van der Waals surface area contributed by atoms with Crippen LogP contribution in [-0.4, -0.2) is 52.3 Å². The number of imide groups is 1. The molecule has 1 aliphatic heterocycles. The summed E-state index contributed by atoms with van der Waals surface area (Å²) in [6.45, 7) is 6.70. The molecule has 1 aromatic heterocycles. The van der Waals surface area contributed by atoms with Gasteiger partial charge in [0.05, 0.1) is 29.4 Å². The Morgan fingerprint density at radius 1 is 1.16 bits per heavy atom. The average Bonchev–Trinajstić information content (AvgIpc) is 3.16. The van der Waals surface area contributed by atoms with Crippen molar-refractivity contribution in [1.82, 2.24) is 9.47 Å². The highest BCUT2D eigenvalue weighted by molar-refractivity contribution is 8.18. The van der Waals surface area contributed by atoms with Gasteiger partial charge in [-0.2, -0.15) is 0 Å². The van der Waals surface area contributed by atoms with E-state index in [0.717, 1.165) is 33.6 Å². The van der Waals surface area contributed by atoms with Crippen molar-refractivity contribution >= 4 is 40.9 Å². The third-order valence-electron chi connectivity index (χ3n) is 4.84. The van der Waals surface area contributed by atoms with Crippen LogP contribution in [0.2, 0.25) is 0 Å². The van der Waals surface area contributed by atoms with E-state index in [1.54, 1.807) is 32.1 Å². The first-order valence-corrected chi connectivity index (χ1v) is 10.8. The van der Waals surface area contributed by atoms with Crippen LogP contribution in [0.5, 0.6) is 0 Å². The van der Waals surface area contributed by atoms with Crippen LogP contribution in [0, 0.1) is 13.8 Å². The first kappa shape index (κ1) is 23.3. The van der Waals surface area contributed by atoms with Gasteiger partial charge in [-0.1, -0.05) is 12.1 Å². The predicted octanol–water partition coefficient (Wildman–Crippen LogP) is 3.87. The number of benzene rings is 1. The number of rotatable bonds is 6. The minimum atomic E-state index is -0.638. The second kappa shape index (κ2) is 9.44. The number of carbonyl (C=O) groups is 4. The summed E-state index contributed by atoms with van der Waals surface area (Å²) in [7, 11) is 1.33. The Morgan fingerprint density at radius 2 is 1.84 bits per heavy atom. The quantitative estimate of drug-likeness (QED) is 0.481. The number of hydrogen-bond donors (Lipinski definition) is 0. The lowest BCUT2D eigenvalue weighted by Crippen LogP contribution is -2.35. The summed E-state index contributed by atoms with van der Waals surface area (Å²) in [6, 6.07) is 8.93. The largest absolute Gasteiger partial charge is 0.465 e. The van der Waals surface area contributed by atoms with Crippen LogP contribution in [0.25, 0.3) is 11.8 Å². The van der Waals surface area contributed by atoms with Crippen LogP contribution < -0.4 is 0 Å². The number of thioether (sulfide) groups is 1. The maximum Gasteiger partial charge on any atom is 0.339 e. The second-order valence-corrected chi connectivity index (χ2v) is 8.47. The van der Waals surface area contributed by atoms with Crippen LogP contribution in [-0.2, 0) is 19.1 Å². The van der Waals surface area contributed by atoms with Crippen molar-refractivity contribution in [2.45, 2.75) is 33.8 Å². The molecule has 0 radical (unpaired) electrons. The molecule has 2 heterocycles. The van der Waals surface area contributed by atoms with Gasteiger partial charge in [-0.05, 0) is 69.3 Å². The van der Waals surface area contributed by atoms with Crippen molar-refractivity contribution in [3.63, 3.8) is 0 Å². The third kappa shape index (κ3) is 4.62. The molecule has 0 saturated carbocycles. The lowest BCUT2D eigenvalue weighted by Gasteiger charge is -2.14. The van der Waals surface area contributed by atoms with Crippen LogP contribution >= 0.6 is 11.8 Å². The van der Waals surface area contributed by atoms with Crippen molar-refractivity contribution in [2.24, 2.45) is 0 Å². The van der Waals surface area contributed by atoms with Gasteiger partial charge in [0, 0.05) is 11.4 Å². The molecule has 2 amide bonds. The fraction of sp³-hybridized carbons (Fsp3) is 0.304. The lowest BCUT2D eigenvalue weighted by molar-refractivity contribution is -0.149. The molecule has 3 rings (SSSR count). The maximum absolute atomic E-state index is 12.7. The van der Waals surface area contributed by atoms with E-state index < -0.39 is 29.6 Å². The highest BCUT2D eigenvalue weighted by Crippen LogP contribution is 2.34. The highest BCUT2D eigenvalue weighted by Gasteiger charge is 2.37. The zero-order valence-electron chi connectivity index (χ0n) is 18.5. The Morgan fingerprint density at radius 3 is 2.50 bits per heavy atom. The number of aryl methyl sites for hydroxylation is 1. The number of esters is 2. The minimum Gasteiger partial charge on any atom is -0.465 e. The van der Waals surface area contributed by atoms with Crippen LogP contribution in [0.4, 0.5) is 4.79 Å². The van der Waals surface area contributed by atoms with Crippen molar-refractivity contribution < 1.29 is 28.7 Å². The Bertz CT molecular complexity index is 1130. The number of aromatic nitrogens is 1. The number of hydrogen-bond acceptors (Lipinski definition) is 7. The van der Waals surface area contributed by atoms with E-state index in [-0.39, 0.29) is 11.0 Å². The van der Waals surface area contributed by atoms with Crippen molar-refractivity contribution in [1.29, 1.82) is 0 Å². The molecule has 1 fully saturated rings. The zero-order chi connectivity index (χ0) is 23.6. The zero-order valence-corrected chi connectivity index (χ0v) is 19.3. The van der Waals surface area contributed by atoms with Gasteiger partial charge in [-0.25, -0.2) is 4.79 Å². The summed E-state index contributed by atoms with van der Waals surface area (Å²) < 4.78 is 11.8. The van der Waals surface area contributed by atoms with Gasteiger partial charge < -0.3 is 14.0 Å². The average molecular weight is 457 g/mol. The molecule has 1 aliphatic rings. The first-order chi connectivity index (χ1) is 15.1. The maximum atomic E-state index is 12.7. The van der Waals surface area contributed by atoms with E-state index in [0.29, 0.717) is 11.3 Å². The van der Waals surface area contributed by atoms with Gasteiger partial charge in [0.25, 0.3) is 11.1 Å². The highest BCUT2D eigenvalue weighted by atomic mass is 32.2. The molecule has 0 unspecified atom stereocenters. The van der Waals surface area contributed by atoms with E-state index in [9.17, 15) is 19.2 Å². The second-order valence-electron chi connectivity index (χ2n) is 7.48. The van der Waals surface area contributed by atoms with Gasteiger partial charge >= 0.3 is 11.9 Å². The minimum absolute atomic E-state index is 0.217. The summed E-state index contributed by atoms with van der Waals surface area (Å²) >= 11 is 0.776. The van der Waals surface area contributed by atoms with Gasteiger partial charge in [-0.15, -0.1) is 0 Å². The molecule has 1 saturated heterocycles. The molecule has 32 heavy (non-hydrogen) atoms. The summed E-state index contributed by atoms with van der Waals surface area (Å²) in [5.41, 5.74) is 3.40. The van der Waals surface area contributed by atoms with Crippen LogP contribution in [0.3, 0.4) is 0 Å². The van der Waals surface area contributed by atoms with E-state index in [1.807, 2.05) is 36.6 Å². The lowest BCUT2D eigenvalue weighted by atomic mass is 10.1. The Hall–Kier alpha value is -3.33. The molecule has 2 aromatic rings. The number of ether oxygens (including phenoxy) is 2. The molecule has 8 nitrogen and oxygen atoms in total. The summed E-state index contributed by atoms with van der Waals surface area (Å²) in [5, 5.41) is -0.521. The van der Waals surface area contributed by atoms with Crippen molar-refractivity contribution in [3.05, 3.63) is 57.8 Å². The molecule has 1 aromatic carbocycles. The fourth-order valence-electron chi connectivity index (χ4n) is 3.46. The summed E-state index contributed by atoms with van der Waals surface area (Å²) in [4.78, 5) is 50.2. The van der Waals surface area contributed by atoms with Gasteiger partial charge in [-0.3, -0.25) is 19.3 Å². The number of nitrogens with zero attached hydrogens (tertiary/aromatic N) is 2. The Labute approximate surface area is 190 Å². The molecule has 0 spiro atoms. The monoisotopic (exact) mass is 456 g/mol. The van der Waals surface area contributed by atoms with E-state index in [4.69, 9.17) is 9.47 Å². The number of methoxy groups -OCH3 is 1. The van der Waals surface area contributed by atoms with Gasteiger partial charge in [0.1, 0.15) is 6.54 Å². The predicted molar refractivity (Wildman–Crippen MR) is 120 cm³/mol. The van der Waals surface area contributed by atoms with Gasteiger partial charge in [0.15, 0.2) is 0 Å². The van der Waals surface area contributed by atoms with E-state index >= 15 is 0 Å². The molecular weight excluding hydrogens is 432 g/mol. The fourth-order valence-corrected chi connectivity index (χ4v) is 4.29. The van der Waals surface area contributed by atoms with Crippen molar-refractivity contribution in [2.75, 3.05) is 13.7 Å². The summed E-state index contributed by atoms with van der Waals surface area (Å²) in [5.74, 6) is -1.63. The number of carbonyl (C=O) groups excluding carboxylic acids is 4. The Kier molecular flexibility index (Phi) is 6.88. The SMILES string of the molecule is COC(=O)c1ccccc1-n1c(C)cc(/C=C2\SC(=O)N(CC(=O)OC(C)C)C2=O)c1C. The van der Waals surface area contributed by atoms with Crippen LogP contribution in [0.15, 0.2) is 35.2 Å². The molecule has 0 N–H and O–H groups in total. The molecule has 0 atom stereocenters. The first-order valence-electron chi connectivity index (χ1n) is 9.95. The third-order valence-corrected chi connectivity index (χ3v) is 5.74. The molecule has 0 aliphatic carbocycles. The molecule has 0 bridgehead atoms. The smallest absolute Gasteiger partial charge is 0.339 e. The van der Waals surface area contributed by atoms with E-state index in [1.165, 1.54) is 7.11 Å². The Balaban J connectivity index is 1.94. The number of para-hydroxylation sites is 1.